The van der Waals surface area contributed by atoms with Crippen molar-refractivity contribution < 1.29 is 4.79 Å². The molecule has 1 aliphatic carbocycles. The van der Waals surface area contributed by atoms with Gasteiger partial charge in [-0.3, -0.25) is 9.59 Å². The molecule has 0 fully saturated rings. The Morgan fingerprint density at radius 2 is 2.16 bits per heavy atom. The first-order valence-corrected chi connectivity index (χ1v) is 9.75. The second-order valence-corrected chi connectivity index (χ2v) is 8.25. The van der Waals surface area contributed by atoms with Crippen LogP contribution in [0.4, 0.5) is 5.13 Å². The van der Waals surface area contributed by atoms with Gasteiger partial charge in [0, 0.05) is 5.56 Å². The first-order valence-electron chi connectivity index (χ1n) is 8.05. The quantitative estimate of drug-likeness (QED) is 0.543. The number of fused-ring (bicyclic) bond motifs is 2. The van der Waals surface area contributed by atoms with Crippen LogP contribution in [0.25, 0.3) is 10.2 Å². The number of amides is 1. The number of para-hydroxylation sites is 1. The molecule has 0 saturated heterocycles. The number of nitrogens with zero attached hydrogens (tertiary/aromatic N) is 2. The minimum absolute atomic E-state index is 0.0798. The summed E-state index contributed by atoms with van der Waals surface area (Å²) >= 11 is 2.70. The third kappa shape index (κ3) is 3.32. The summed E-state index contributed by atoms with van der Waals surface area (Å²) in [6, 6.07) is 7.75. The fourth-order valence-corrected chi connectivity index (χ4v) is 4.51. The maximum atomic E-state index is 12.4. The zero-order valence-electron chi connectivity index (χ0n) is 13.5. The van der Waals surface area contributed by atoms with Crippen LogP contribution in [0.15, 0.2) is 34.2 Å². The predicted octanol–water partition coefficient (Wildman–Crippen LogP) is 2.99. The molecule has 1 atom stereocenters. The van der Waals surface area contributed by atoms with E-state index in [1.807, 2.05) is 24.3 Å². The average Bonchev–Trinajstić information content (AvgIpc) is 3.20. The van der Waals surface area contributed by atoms with E-state index in [-0.39, 0.29) is 11.5 Å². The highest BCUT2D eigenvalue weighted by atomic mass is 32.2. The Morgan fingerprint density at radius 3 is 3.00 bits per heavy atom. The van der Waals surface area contributed by atoms with Crippen LogP contribution in [-0.4, -0.2) is 26.1 Å². The Hall–Kier alpha value is -2.19. The molecule has 0 saturated carbocycles. The van der Waals surface area contributed by atoms with Crippen LogP contribution in [-0.2, 0) is 17.6 Å². The van der Waals surface area contributed by atoms with Crippen LogP contribution < -0.4 is 10.9 Å². The zero-order chi connectivity index (χ0) is 17.4. The van der Waals surface area contributed by atoms with E-state index < -0.39 is 5.25 Å². The highest BCUT2D eigenvalue weighted by molar-refractivity contribution is 8.00. The number of aryl methyl sites for hydroxylation is 1. The van der Waals surface area contributed by atoms with Gasteiger partial charge in [0.15, 0.2) is 10.3 Å². The molecule has 1 amide bonds. The normalized spacial score (nSPS) is 14.4. The van der Waals surface area contributed by atoms with Crippen molar-refractivity contribution >= 4 is 44.4 Å². The number of carbonyl (C=O) groups excluding carboxylic acids is 1. The van der Waals surface area contributed by atoms with Gasteiger partial charge in [-0.2, -0.15) is 0 Å². The topological polar surface area (TPSA) is 87.7 Å². The standard InChI is InChI=1S/C17H16N4O2S2/c1-9(24-16-18-11-7-4-5-10(11)15(23)21-16)14(22)20-17-19-12-6-2-3-8-13(12)25-17/h2-3,6,8-9H,4-5,7H2,1H3,(H,18,21,23)(H,19,20,22). The fourth-order valence-electron chi connectivity index (χ4n) is 2.83. The maximum absolute atomic E-state index is 12.4. The number of nitrogens with one attached hydrogen (secondary N) is 2. The predicted molar refractivity (Wildman–Crippen MR) is 100 cm³/mol. The lowest BCUT2D eigenvalue weighted by Crippen LogP contribution is -2.23. The summed E-state index contributed by atoms with van der Waals surface area (Å²) in [5.74, 6) is -0.160. The largest absolute Gasteiger partial charge is 0.301 e. The number of H-pyrrole nitrogens is 1. The number of aromatic amines is 1. The van der Waals surface area contributed by atoms with Gasteiger partial charge in [-0.1, -0.05) is 35.2 Å². The van der Waals surface area contributed by atoms with Gasteiger partial charge in [-0.25, -0.2) is 9.97 Å². The van der Waals surface area contributed by atoms with Crippen molar-refractivity contribution in [3.8, 4) is 0 Å². The molecule has 25 heavy (non-hydrogen) atoms. The molecule has 0 radical (unpaired) electrons. The van der Waals surface area contributed by atoms with E-state index in [9.17, 15) is 9.59 Å². The molecule has 0 aliphatic heterocycles. The summed E-state index contributed by atoms with van der Waals surface area (Å²) < 4.78 is 1.03. The second kappa shape index (κ2) is 6.61. The molecule has 2 N–H and O–H groups in total. The molecule has 2 heterocycles. The van der Waals surface area contributed by atoms with Crippen molar-refractivity contribution in [2.24, 2.45) is 0 Å². The number of aromatic nitrogens is 3. The second-order valence-electron chi connectivity index (χ2n) is 5.89. The first-order chi connectivity index (χ1) is 12.1. The molecule has 6 nitrogen and oxygen atoms in total. The van der Waals surface area contributed by atoms with E-state index in [0.29, 0.717) is 10.3 Å². The first kappa shape index (κ1) is 16.3. The van der Waals surface area contributed by atoms with E-state index in [1.54, 1.807) is 6.92 Å². The Labute approximate surface area is 152 Å². The van der Waals surface area contributed by atoms with Crippen LogP contribution >= 0.6 is 23.1 Å². The van der Waals surface area contributed by atoms with Gasteiger partial charge in [-0.15, -0.1) is 0 Å². The highest BCUT2D eigenvalue weighted by Crippen LogP contribution is 2.27. The Kier molecular flexibility index (Phi) is 4.30. The Morgan fingerprint density at radius 1 is 1.32 bits per heavy atom. The molecule has 0 bridgehead atoms. The summed E-state index contributed by atoms with van der Waals surface area (Å²) in [5.41, 5.74) is 2.44. The number of benzene rings is 1. The molecular weight excluding hydrogens is 356 g/mol. The maximum Gasteiger partial charge on any atom is 0.254 e. The van der Waals surface area contributed by atoms with Gasteiger partial charge in [0.25, 0.3) is 5.56 Å². The van der Waals surface area contributed by atoms with Gasteiger partial charge in [-0.05, 0) is 38.3 Å². The fraction of sp³-hybridized carbons (Fsp3) is 0.294. The number of hydrogen-bond donors (Lipinski definition) is 2. The van der Waals surface area contributed by atoms with Gasteiger partial charge in [0.2, 0.25) is 5.91 Å². The Bertz CT molecular complexity index is 978. The summed E-state index contributed by atoms with van der Waals surface area (Å²) in [5, 5.41) is 3.53. The average molecular weight is 372 g/mol. The third-order valence-corrected chi connectivity index (χ3v) is 6.04. The summed E-state index contributed by atoms with van der Waals surface area (Å²) in [4.78, 5) is 36.2. The number of thioether (sulfide) groups is 1. The van der Waals surface area contributed by atoms with Crippen molar-refractivity contribution in [3.63, 3.8) is 0 Å². The molecule has 1 aliphatic rings. The Balaban J connectivity index is 1.47. The van der Waals surface area contributed by atoms with Crippen molar-refractivity contribution in [3.05, 3.63) is 45.9 Å². The number of anilines is 1. The minimum atomic E-state index is -0.394. The lowest BCUT2D eigenvalue weighted by molar-refractivity contribution is -0.115. The number of rotatable bonds is 4. The van der Waals surface area contributed by atoms with Crippen molar-refractivity contribution in [1.82, 2.24) is 15.0 Å². The minimum Gasteiger partial charge on any atom is -0.301 e. The van der Waals surface area contributed by atoms with E-state index in [4.69, 9.17) is 0 Å². The van der Waals surface area contributed by atoms with E-state index in [2.05, 4.69) is 20.3 Å². The molecule has 1 unspecified atom stereocenters. The molecule has 3 aromatic rings. The number of hydrogen-bond acceptors (Lipinski definition) is 6. The van der Waals surface area contributed by atoms with Crippen LogP contribution in [0, 0.1) is 0 Å². The van der Waals surface area contributed by atoms with Gasteiger partial charge in [0.05, 0.1) is 21.2 Å². The molecule has 0 spiro atoms. The monoisotopic (exact) mass is 372 g/mol. The van der Waals surface area contributed by atoms with Crippen LogP contribution in [0.1, 0.15) is 24.6 Å². The van der Waals surface area contributed by atoms with E-state index >= 15 is 0 Å². The summed E-state index contributed by atoms with van der Waals surface area (Å²) in [6.45, 7) is 1.79. The number of carbonyl (C=O) groups is 1. The molecular formula is C17H16N4O2S2. The smallest absolute Gasteiger partial charge is 0.254 e. The van der Waals surface area contributed by atoms with Crippen LogP contribution in [0.2, 0.25) is 0 Å². The number of thiazole rings is 1. The molecule has 2 aromatic heterocycles. The SMILES string of the molecule is CC(Sc1nc2c(c(=O)[nH]1)CCC2)C(=O)Nc1nc2ccccc2s1. The van der Waals surface area contributed by atoms with E-state index in [1.165, 1.54) is 23.1 Å². The summed E-state index contributed by atoms with van der Waals surface area (Å²) in [7, 11) is 0. The third-order valence-electron chi connectivity index (χ3n) is 4.10. The summed E-state index contributed by atoms with van der Waals surface area (Å²) in [6.07, 6.45) is 2.59. The van der Waals surface area contributed by atoms with Crippen molar-refractivity contribution in [2.75, 3.05) is 5.32 Å². The zero-order valence-corrected chi connectivity index (χ0v) is 15.2. The molecule has 8 heteroatoms. The van der Waals surface area contributed by atoms with E-state index in [0.717, 1.165) is 40.7 Å². The molecule has 1 aromatic carbocycles. The van der Waals surface area contributed by atoms with Gasteiger partial charge >= 0.3 is 0 Å². The molecule has 4 rings (SSSR count). The lowest BCUT2D eigenvalue weighted by Gasteiger charge is -2.10. The highest BCUT2D eigenvalue weighted by Gasteiger charge is 2.21. The van der Waals surface area contributed by atoms with Crippen LogP contribution in [0.5, 0.6) is 0 Å². The molecule has 128 valence electrons. The van der Waals surface area contributed by atoms with Crippen LogP contribution in [0.3, 0.4) is 0 Å². The van der Waals surface area contributed by atoms with Crippen molar-refractivity contribution in [1.29, 1.82) is 0 Å². The lowest BCUT2D eigenvalue weighted by atomic mass is 10.3. The van der Waals surface area contributed by atoms with Crippen molar-refractivity contribution in [2.45, 2.75) is 36.6 Å². The van der Waals surface area contributed by atoms with Gasteiger partial charge < -0.3 is 10.3 Å². The van der Waals surface area contributed by atoms with Gasteiger partial charge in [0.1, 0.15) is 0 Å².